The van der Waals surface area contributed by atoms with Crippen LogP contribution in [0.5, 0.6) is 0 Å². The van der Waals surface area contributed by atoms with Gasteiger partial charge in [0.1, 0.15) is 11.3 Å². The van der Waals surface area contributed by atoms with Crippen molar-refractivity contribution in [3.05, 3.63) is 40.9 Å². The van der Waals surface area contributed by atoms with Crippen molar-refractivity contribution in [2.45, 2.75) is 82.5 Å². The first-order chi connectivity index (χ1) is 16.3. The van der Waals surface area contributed by atoms with E-state index >= 15 is 0 Å². The smallest absolute Gasteiger partial charge is 0.373 e. The summed E-state index contributed by atoms with van der Waals surface area (Å²) in [6, 6.07) is 0.507. The van der Waals surface area contributed by atoms with Gasteiger partial charge in [-0.25, -0.2) is 19.9 Å². The maximum absolute atomic E-state index is 13.2. The number of halogens is 3. The number of rotatable bonds is 4. The lowest BCUT2D eigenvalue weighted by Crippen LogP contribution is -2.35. The molecule has 0 radical (unpaired) electrons. The maximum Gasteiger partial charge on any atom is 0.391 e. The van der Waals surface area contributed by atoms with Gasteiger partial charge in [-0.15, -0.1) is 0 Å². The first-order valence-corrected chi connectivity index (χ1v) is 12.0. The SMILES string of the molecule is Cc1nc2nc([C@H]3CCO[C@@H](c4cnn(C5CC5)c4)C3)nc(C3CC(C(F)(F)F)C3)c2nc1C. The summed E-state index contributed by atoms with van der Waals surface area (Å²) >= 11 is 0. The highest BCUT2D eigenvalue weighted by Gasteiger charge is 2.49. The van der Waals surface area contributed by atoms with Crippen molar-refractivity contribution < 1.29 is 17.9 Å². The molecule has 6 rings (SSSR count). The van der Waals surface area contributed by atoms with Crippen LogP contribution in [-0.4, -0.2) is 42.5 Å². The lowest BCUT2D eigenvalue weighted by Gasteiger charge is -2.36. The summed E-state index contributed by atoms with van der Waals surface area (Å²) in [6.07, 6.45) is 3.56. The van der Waals surface area contributed by atoms with Crippen LogP contribution in [0.25, 0.3) is 11.2 Å². The monoisotopic (exact) mass is 472 g/mol. The molecule has 0 amide bonds. The minimum Gasteiger partial charge on any atom is -0.373 e. The highest BCUT2D eigenvalue weighted by molar-refractivity contribution is 5.73. The average molecular weight is 473 g/mol. The summed E-state index contributed by atoms with van der Waals surface area (Å²) < 4.78 is 47.6. The van der Waals surface area contributed by atoms with Crippen LogP contribution in [-0.2, 0) is 4.74 Å². The normalized spacial score (nSPS) is 27.7. The predicted molar refractivity (Wildman–Crippen MR) is 117 cm³/mol. The molecular weight excluding hydrogens is 445 g/mol. The van der Waals surface area contributed by atoms with Gasteiger partial charge in [0.15, 0.2) is 5.65 Å². The number of alkyl halides is 3. The van der Waals surface area contributed by atoms with Gasteiger partial charge in [0.25, 0.3) is 0 Å². The summed E-state index contributed by atoms with van der Waals surface area (Å²) in [7, 11) is 0. The first-order valence-electron chi connectivity index (χ1n) is 12.0. The predicted octanol–water partition coefficient (Wildman–Crippen LogP) is 5.26. The zero-order chi connectivity index (χ0) is 23.6. The second-order valence-electron chi connectivity index (χ2n) is 10.0. The summed E-state index contributed by atoms with van der Waals surface area (Å²) in [5.74, 6) is -0.882. The van der Waals surface area contributed by atoms with Crippen molar-refractivity contribution in [3.8, 4) is 0 Å². The number of aromatic nitrogens is 6. The molecule has 34 heavy (non-hydrogen) atoms. The van der Waals surface area contributed by atoms with Gasteiger partial charge in [-0.1, -0.05) is 0 Å². The van der Waals surface area contributed by atoms with Gasteiger partial charge in [0, 0.05) is 30.2 Å². The molecule has 3 fully saturated rings. The number of ether oxygens (including phenoxy) is 1. The van der Waals surface area contributed by atoms with Crippen LogP contribution >= 0.6 is 0 Å². The third-order valence-electron chi connectivity index (χ3n) is 7.54. The Morgan fingerprint density at radius 1 is 0.941 bits per heavy atom. The zero-order valence-electron chi connectivity index (χ0n) is 19.2. The van der Waals surface area contributed by atoms with E-state index < -0.39 is 12.1 Å². The van der Waals surface area contributed by atoms with Crippen LogP contribution in [0.15, 0.2) is 12.4 Å². The molecule has 0 N–H and O–H groups in total. The molecule has 2 aliphatic carbocycles. The molecule has 3 aromatic rings. The van der Waals surface area contributed by atoms with E-state index in [4.69, 9.17) is 14.7 Å². The van der Waals surface area contributed by atoms with E-state index in [2.05, 4.69) is 21.3 Å². The zero-order valence-corrected chi connectivity index (χ0v) is 19.2. The molecule has 2 atom stereocenters. The number of hydrogen-bond acceptors (Lipinski definition) is 6. The Morgan fingerprint density at radius 2 is 1.71 bits per heavy atom. The van der Waals surface area contributed by atoms with E-state index in [-0.39, 0.29) is 30.8 Å². The van der Waals surface area contributed by atoms with Gasteiger partial charge < -0.3 is 4.74 Å². The van der Waals surface area contributed by atoms with Gasteiger partial charge >= 0.3 is 6.18 Å². The number of fused-ring (bicyclic) bond motifs is 1. The fraction of sp³-hybridized carbons (Fsp3) is 0.625. The van der Waals surface area contributed by atoms with E-state index in [1.165, 1.54) is 12.8 Å². The van der Waals surface area contributed by atoms with Crippen molar-refractivity contribution in [2.24, 2.45) is 5.92 Å². The molecule has 1 aliphatic heterocycles. The Labute approximate surface area is 195 Å². The summed E-state index contributed by atoms with van der Waals surface area (Å²) in [6.45, 7) is 4.29. The third-order valence-corrected chi connectivity index (χ3v) is 7.54. The van der Waals surface area contributed by atoms with Crippen molar-refractivity contribution in [3.63, 3.8) is 0 Å². The minimum absolute atomic E-state index is 0.0353. The fourth-order valence-electron chi connectivity index (χ4n) is 5.05. The molecule has 4 heterocycles. The molecule has 2 saturated carbocycles. The Bertz CT molecular complexity index is 1230. The quantitative estimate of drug-likeness (QED) is 0.516. The second kappa shape index (κ2) is 7.96. The summed E-state index contributed by atoms with van der Waals surface area (Å²) in [5, 5.41) is 4.49. The van der Waals surface area contributed by atoms with Crippen molar-refractivity contribution in [2.75, 3.05) is 6.61 Å². The topological polar surface area (TPSA) is 78.6 Å². The molecule has 10 heteroatoms. The van der Waals surface area contributed by atoms with Crippen molar-refractivity contribution in [1.82, 2.24) is 29.7 Å². The Hall–Kier alpha value is -2.62. The number of hydrogen-bond donors (Lipinski definition) is 0. The largest absolute Gasteiger partial charge is 0.391 e. The number of nitrogens with zero attached hydrogens (tertiary/aromatic N) is 6. The lowest BCUT2D eigenvalue weighted by molar-refractivity contribution is -0.197. The Kier molecular flexibility index (Phi) is 5.13. The van der Waals surface area contributed by atoms with Crippen LogP contribution in [0.2, 0.25) is 0 Å². The molecule has 0 bridgehead atoms. The van der Waals surface area contributed by atoms with Gasteiger partial charge in [0.2, 0.25) is 0 Å². The molecule has 3 aromatic heterocycles. The van der Waals surface area contributed by atoms with E-state index in [9.17, 15) is 13.2 Å². The molecule has 0 aromatic carbocycles. The van der Waals surface area contributed by atoms with Gasteiger partial charge in [-0.3, -0.25) is 4.68 Å². The molecule has 0 unspecified atom stereocenters. The summed E-state index contributed by atoms with van der Waals surface area (Å²) in [5.41, 5.74) is 4.18. The molecule has 3 aliphatic rings. The van der Waals surface area contributed by atoms with E-state index in [0.29, 0.717) is 41.8 Å². The van der Waals surface area contributed by atoms with Crippen LogP contribution < -0.4 is 0 Å². The van der Waals surface area contributed by atoms with E-state index in [0.717, 1.165) is 23.4 Å². The average Bonchev–Trinajstić information content (AvgIpc) is 3.49. The van der Waals surface area contributed by atoms with Gasteiger partial charge in [-0.05, 0) is 52.4 Å². The third kappa shape index (κ3) is 3.95. The molecular formula is C24H27F3N6O. The first kappa shape index (κ1) is 21.9. The van der Waals surface area contributed by atoms with Crippen molar-refractivity contribution in [1.29, 1.82) is 0 Å². The fourth-order valence-corrected chi connectivity index (χ4v) is 5.05. The van der Waals surface area contributed by atoms with Gasteiger partial charge in [-0.2, -0.15) is 18.3 Å². The minimum atomic E-state index is -4.17. The van der Waals surface area contributed by atoms with Crippen molar-refractivity contribution >= 4 is 11.2 Å². The lowest BCUT2D eigenvalue weighted by atomic mass is 9.72. The highest BCUT2D eigenvalue weighted by atomic mass is 19.4. The van der Waals surface area contributed by atoms with Gasteiger partial charge in [0.05, 0.1) is 41.3 Å². The number of aryl methyl sites for hydroxylation is 2. The molecule has 0 spiro atoms. The molecule has 180 valence electrons. The van der Waals surface area contributed by atoms with E-state index in [1.54, 1.807) is 0 Å². The second-order valence-corrected chi connectivity index (χ2v) is 10.0. The highest BCUT2D eigenvalue weighted by Crippen LogP contribution is 2.50. The van der Waals surface area contributed by atoms with Crippen LogP contribution in [0.4, 0.5) is 13.2 Å². The molecule has 1 saturated heterocycles. The van der Waals surface area contributed by atoms with Crippen LogP contribution in [0.1, 0.15) is 91.0 Å². The van der Waals surface area contributed by atoms with Crippen LogP contribution in [0.3, 0.4) is 0 Å². The van der Waals surface area contributed by atoms with E-state index in [1.807, 2.05) is 24.7 Å². The molecule has 7 nitrogen and oxygen atoms in total. The summed E-state index contributed by atoms with van der Waals surface area (Å²) in [4.78, 5) is 18.9. The Balaban J connectivity index is 1.32. The Morgan fingerprint density at radius 3 is 2.44 bits per heavy atom. The maximum atomic E-state index is 13.2. The standard InChI is InChI=1S/C24H27F3N6O/c1-12-13(2)30-23-21(29-12)20(15-7-17(8-15)24(25,26)27)31-22(32-23)14-5-6-34-19(9-14)16-10-28-33(11-16)18-3-4-18/h10-11,14-15,17-19H,3-9H2,1-2H3/t14-,15?,17?,19+/m0/s1. The van der Waals surface area contributed by atoms with Crippen LogP contribution in [0, 0.1) is 19.8 Å².